The van der Waals surface area contributed by atoms with Crippen LogP contribution >= 0.6 is 0 Å². The second-order valence-electron chi connectivity index (χ2n) is 9.38. The Morgan fingerprint density at radius 2 is 1.83 bits per heavy atom. The lowest BCUT2D eigenvalue weighted by atomic mass is 9.75. The first-order valence-electron chi connectivity index (χ1n) is 11.9. The first kappa shape index (κ1) is 21.9. The Balaban J connectivity index is 1.45. The number of nitrogens with one attached hydrogen (secondary N) is 1. The third kappa shape index (κ3) is 3.36. The van der Waals surface area contributed by atoms with E-state index in [2.05, 4.69) is 32.3 Å². The number of fused-ring (bicyclic) bond motifs is 5. The number of aliphatic hydroxyl groups excluding tert-OH is 1. The van der Waals surface area contributed by atoms with E-state index in [-0.39, 0.29) is 23.8 Å². The molecular formula is C26H24F2N6O. The zero-order valence-electron chi connectivity index (χ0n) is 19.2. The van der Waals surface area contributed by atoms with Gasteiger partial charge in [-0.15, -0.1) is 5.10 Å². The van der Waals surface area contributed by atoms with Gasteiger partial charge in [-0.25, -0.2) is 18.7 Å². The van der Waals surface area contributed by atoms with Crippen LogP contribution in [0.4, 0.5) is 8.78 Å². The van der Waals surface area contributed by atoms with Crippen LogP contribution in [0.1, 0.15) is 54.9 Å². The smallest absolute Gasteiger partial charge is 0.174 e. The van der Waals surface area contributed by atoms with E-state index >= 15 is 0 Å². The maximum absolute atomic E-state index is 14.5. The van der Waals surface area contributed by atoms with Gasteiger partial charge in [0.2, 0.25) is 0 Å². The second-order valence-corrected chi connectivity index (χ2v) is 9.38. The molecule has 3 aromatic heterocycles. The quantitative estimate of drug-likeness (QED) is 0.431. The fraction of sp³-hybridized carbons (Fsp3) is 0.346. The molecule has 0 saturated heterocycles. The summed E-state index contributed by atoms with van der Waals surface area (Å²) in [6.07, 6.45) is 3.09. The summed E-state index contributed by atoms with van der Waals surface area (Å²) in [6, 6.07) is 11.5. The molecule has 178 valence electrons. The number of hydrogen-bond acceptors (Lipinski definition) is 6. The van der Waals surface area contributed by atoms with Crippen molar-refractivity contribution in [1.29, 1.82) is 0 Å². The Hall–Kier alpha value is -3.59. The zero-order valence-corrected chi connectivity index (χ0v) is 19.2. The van der Waals surface area contributed by atoms with E-state index in [1.54, 1.807) is 0 Å². The Morgan fingerprint density at radius 3 is 2.60 bits per heavy atom. The van der Waals surface area contributed by atoms with Gasteiger partial charge < -0.3 is 5.11 Å². The van der Waals surface area contributed by atoms with Crippen molar-refractivity contribution < 1.29 is 13.9 Å². The van der Waals surface area contributed by atoms with Crippen molar-refractivity contribution in [1.82, 2.24) is 30.4 Å². The molecule has 0 aliphatic heterocycles. The summed E-state index contributed by atoms with van der Waals surface area (Å²) in [5.74, 6) is 0.424. The van der Waals surface area contributed by atoms with Crippen molar-refractivity contribution in [3.05, 3.63) is 76.9 Å². The number of halogens is 2. The van der Waals surface area contributed by atoms with Gasteiger partial charge in [-0.3, -0.25) is 5.10 Å². The summed E-state index contributed by atoms with van der Waals surface area (Å²) < 4.78 is 28.9. The summed E-state index contributed by atoms with van der Waals surface area (Å²) in [7, 11) is 0. The maximum atomic E-state index is 14.5. The summed E-state index contributed by atoms with van der Waals surface area (Å²) in [6.45, 7) is 2.15. The molecule has 2 aliphatic rings. The number of pyridine rings is 1. The minimum Gasteiger partial charge on any atom is -0.396 e. The predicted molar refractivity (Wildman–Crippen MR) is 124 cm³/mol. The summed E-state index contributed by atoms with van der Waals surface area (Å²) in [5.41, 5.74) is 3.06. The van der Waals surface area contributed by atoms with Crippen LogP contribution in [-0.4, -0.2) is 42.1 Å². The van der Waals surface area contributed by atoms with E-state index in [1.807, 2.05) is 24.3 Å². The molecule has 2 bridgehead atoms. The highest BCUT2D eigenvalue weighted by molar-refractivity contribution is 5.63. The number of aromatic amines is 1. The molecule has 2 N–H and O–H groups in total. The van der Waals surface area contributed by atoms with E-state index in [1.165, 1.54) is 18.2 Å². The van der Waals surface area contributed by atoms with Crippen molar-refractivity contribution in [2.75, 3.05) is 6.61 Å². The van der Waals surface area contributed by atoms with Crippen molar-refractivity contribution in [2.45, 2.75) is 43.9 Å². The largest absolute Gasteiger partial charge is 0.396 e. The molecule has 3 atom stereocenters. The number of aromatic nitrogens is 6. The van der Waals surface area contributed by atoms with Gasteiger partial charge in [-0.2, -0.15) is 10.2 Å². The highest BCUT2D eigenvalue weighted by Crippen LogP contribution is 2.62. The Morgan fingerprint density at radius 1 is 1.03 bits per heavy atom. The van der Waals surface area contributed by atoms with Gasteiger partial charge in [0.1, 0.15) is 17.3 Å². The highest BCUT2D eigenvalue weighted by Gasteiger charge is 2.56. The Bertz CT molecular complexity index is 1400. The molecule has 1 unspecified atom stereocenters. The number of hydrogen-bond donors (Lipinski definition) is 2. The maximum Gasteiger partial charge on any atom is 0.174 e. The molecule has 1 saturated carbocycles. The molecule has 0 amide bonds. The summed E-state index contributed by atoms with van der Waals surface area (Å²) in [4.78, 5) is 9.41. The number of benzene rings is 1. The van der Waals surface area contributed by atoms with Gasteiger partial charge in [0.05, 0.1) is 34.7 Å². The first-order chi connectivity index (χ1) is 17.0. The lowest BCUT2D eigenvalue weighted by Crippen LogP contribution is -2.28. The van der Waals surface area contributed by atoms with Crippen LogP contribution in [0.5, 0.6) is 0 Å². The van der Waals surface area contributed by atoms with Crippen LogP contribution in [0, 0.1) is 17.6 Å². The molecular weight excluding hydrogens is 450 g/mol. The van der Waals surface area contributed by atoms with Crippen LogP contribution in [0.25, 0.3) is 22.8 Å². The number of nitrogens with zero attached hydrogens (tertiary/aromatic N) is 5. The molecule has 1 aromatic carbocycles. The predicted octanol–water partition coefficient (Wildman–Crippen LogP) is 4.34. The van der Waals surface area contributed by atoms with E-state index in [0.717, 1.165) is 36.2 Å². The number of aliphatic hydroxyl groups is 1. The van der Waals surface area contributed by atoms with Gasteiger partial charge >= 0.3 is 0 Å². The monoisotopic (exact) mass is 474 g/mol. The third-order valence-corrected chi connectivity index (χ3v) is 7.52. The van der Waals surface area contributed by atoms with Crippen molar-refractivity contribution in [2.24, 2.45) is 5.92 Å². The normalized spacial score (nSPS) is 22.5. The molecule has 4 aromatic rings. The van der Waals surface area contributed by atoms with Crippen LogP contribution in [0.15, 0.2) is 42.5 Å². The average Bonchev–Trinajstić information content (AvgIpc) is 3.58. The second kappa shape index (κ2) is 8.27. The van der Waals surface area contributed by atoms with Gasteiger partial charge in [-0.1, -0.05) is 25.5 Å². The molecule has 0 radical (unpaired) electrons. The van der Waals surface area contributed by atoms with Crippen LogP contribution in [0.3, 0.4) is 0 Å². The van der Waals surface area contributed by atoms with E-state index in [0.29, 0.717) is 29.7 Å². The van der Waals surface area contributed by atoms with Crippen molar-refractivity contribution >= 4 is 0 Å². The van der Waals surface area contributed by atoms with E-state index < -0.39 is 17.0 Å². The molecule has 9 heteroatoms. The SMILES string of the molecule is CCC1C[C@@]2(c3cccc(-c4nc(CCO)n[nH]4)n3)C[C@@H]1c1cc(-c3c(F)cccc3F)nnc12. The van der Waals surface area contributed by atoms with Crippen molar-refractivity contribution in [3.8, 4) is 22.8 Å². The van der Waals surface area contributed by atoms with Gasteiger partial charge in [0, 0.05) is 6.42 Å². The molecule has 1 fully saturated rings. The highest BCUT2D eigenvalue weighted by atomic mass is 19.1. The lowest BCUT2D eigenvalue weighted by molar-refractivity contribution is 0.297. The minimum absolute atomic E-state index is 0.0259. The van der Waals surface area contributed by atoms with Crippen LogP contribution < -0.4 is 0 Å². The topological polar surface area (TPSA) is 100 Å². The molecule has 3 heterocycles. The van der Waals surface area contributed by atoms with E-state index in [4.69, 9.17) is 10.1 Å². The van der Waals surface area contributed by atoms with Crippen molar-refractivity contribution in [3.63, 3.8) is 0 Å². The van der Waals surface area contributed by atoms with Gasteiger partial charge in [0.15, 0.2) is 11.6 Å². The fourth-order valence-electron chi connectivity index (χ4n) is 5.91. The van der Waals surface area contributed by atoms with Gasteiger partial charge in [0.25, 0.3) is 0 Å². The van der Waals surface area contributed by atoms with Crippen LogP contribution in [0.2, 0.25) is 0 Å². The molecule has 0 spiro atoms. The number of H-pyrrole nitrogens is 1. The fourth-order valence-corrected chi connectivity index (χ4v) is 5.91. The molecule has 2 aliphatic carbocycles. The van der Waals surface area contributed by atoms with Crippen LogP contribution in [-0.2, 0) is 11.8 Å². The standard InChI is InChI=1S/C26H24F2N6O/c1-2-14-12-26(21-8-4-7-19(29-21)25-30-22(9-10-35)32-34-25)13-16(14)15-11-20(31-33-24(15)26)23-17(27)5-3-6-18(23)28/h3-8,11,14,16,35H,2,9-10,12-13H2,1H3,(H,30,32,34)/t14?,16-,26-/m0/s1. The Kier molecular flexibility index (Phi) is 5.17. The molecule has 6 rings (SSSR count). The average molecular weight is 475 g/mol. The first-order valence-corrected chi connectivity index (χ1v) is 11.9. The molecule has 7 nitrogen and oxygen atoms in total. The summed E-state index contributed by atoms with van der Waals surface area (Å²) in [5, 5.41) is 25.1. The molecule has 35 heavy (non-hydrogen) atoms. The lowest BCUT2D eigenvalue weighted by Gasteiger charge is -2.30. The third-order valence-electron chi connectivity index (χ3n) is 7.52. The number of rotatable bonds is 6. The van der Waals surface area contributed by atoms with Gasteiger partial charge in [-0.05, 0) is 60.6 Å². The zero-order chi connectivity index (χ0) is 24.2. The Labute approximate surface area is 200 Å². The summed E-state index contributed by atoms with van der Waals surface area (Å²) >= 11 is 0. The van der Waals surface area contributed by atoms with E-state index in [9.17, 15) is 8.78 Å². The minimum atomic E-state index is -0.647.